The summed E-state index contributed by atoms with van der Waals surface area (Å²) >= 11 is 0. The maximum atomic E-state index is 11.9. The predicted octanol–water partition coefficient (Wildman–Crippen LogP) is 1.05. The second-order valence-electron chi connectivity index (χ2n) is 6.59. The van der Waals surface area contributed by atoms with Crippen LogP contribution in [0.3, 0.4) is 0 Å². The Morgan fingerprint density at radius 3 is 2.55 bits per heavy atom. The Hall–Kier alpha value is -1.30. The molecule has 1 saturated heterocycles. The number of hydrogen-bond donors (Lipinski definition) is 1. The van der Waals surface area contributed by atoms with Crippen molar-refractivity contribution >= 4 is 12.0 Å². The monoisotopic (exact) mass is 285 g/mol. The van der Waals surface area contributed by atoms with E-state index in [9.17, 15) is 9.59 Å². The van der Waals surface area contributed by atoms with E-state index in [1.54, 1.807) is 23.8 Å². The first-order chi connectivity index (χ1) is 9.10. The summed E-state index contributed by atoms with van der Waals surface area (Å²) < 4.78 is 5.35. The van der Waals surface area contributed by atoms with Gasteiger partial charge >= 0.3 is 6.09 Å². The van der Waals surface area contributed by atoms with E-state index in [4.69, 9.17) is 10.5 Å². The zero-order valence-electron chi connectivity index (χ0n) is 13.2. The standard InChI is InChI=1S/C14H27N3O3/c1-10(15)12(18)16(5)8-11-6-7-17(9-11)13(19)20-14(2,3)4/h10-11H,6-9,15H2,1-5H3/t10-,11+/m0/s1. The fourth-order valence-corrected chi connectivity index (χ4v) is 2.30. The van der Waals surface area contributed by atoms with Crippen LogP contribution in [-0.2, 0) is 9.53 Å². The molecule has 0 aromatic rings. The van der Waals surface area contributed by atoms with Crippen LogP contribution in [-0.4, -0.2) is 60.1 Å². The van der Waals surface area contributed by atoms with E-state index in [1.165, 1.54) is 0 Å². The Labute approximate surface area is 121 Å². The molecule has 0 unspecified atom stereocenters. The minimum absolute atomic E-state index is 0.0688. The van der Waals surface area contributed by atoms with Gasteiger partial charge in [0, 0.05) is 26.7 Å². The summed E-state index contributed by atoms with van der Waals surface area (Å²) in [6.07, 6.45) is 0.608. The average molecular weight is 285 g/mol. The van der Waals surface area contributed by atoms with Gasteiger partial charge in [0.1, 0.15) is 5.60 Å². The number of nitrogens with zero attached hydrogens (tertiary/aromatic N) is 2. The van der Waals surface area contributed by atoms with Gasteiger partial charge in [0.25, 0.3) is 0 Å². The topological polar surface area (TPSA) is 75.9 Å². The summed E-state index contributed by atoms with van der Waals surface area (Å²) in [5, 5.41) is 0. The summed E-state index contributed by atoms with van der Waals surface area (Å²) in [7, 11) is 1.75. The van der Waals surface area contributed by atoms with Gasteiger partial charge in [-0.25, -0.2) is 4.79 Å². The first-order valence-electron chi connectivity index (χ1n) is 7.08. The van der Waals surface area contributed by atoms with Crippen molar-refractivity contribution in [2.24, 2.45) is 11.7 Å². The Bertz CT molecular complexity index is 363. The van der Waals surface area contributed by atoms with Gasteiger partial charge in [-0.3, -0.25) is 4.79 Å². The number of hydrogen-bond acceptors (Lipinski definition) is 4. The van der Waals surface area contributed by atoms with E-state index in [0.717, 1.165) is 6.42 Å². The van der Waals surface area contributed by atoms with Gasteiger partial charge in [-0.15, -0.1) is 0 Å². The van der Waals surface area contributed by atoms with Crippen LogP contribution >= 0.6 is 0 Å². The molecule has 1 fully saturated rings. The summed E-state index contributed by atoms with van der Waals surface area (Å²) in [6, 6.07) is -0.483. The second kappa shape index (κ2) is 6.43. The molecule has 0 aromatic carbocycles. The third-order valence-electron chi connectivity index (χ3n) is 3.24. The van der Waals surface area contributed by atoms with Gasteiger partial charge in [0.05, 0.1) is 6.04 Å². The minimum atomic E-state index is -0.483. The van der Waals surface area contributed by atoms with Crippen LogP contribution in [0.2, 0.25) is 0 Å². The summed E-state index contributed by atoms with van der Waals surface area (Å²) in [5.41, 5.74) is 5.10. The maximum absolute atomic E-state index is 11.9. The van der Waals surface area contributed by atoms with Crippen LogP contribution in [0.5, 0.6) is 0 Å². The average Bonchev–Trinajstić information content (AvgIpc) is 2.74. The molecule has 1 aliphatic rings. The Kier molecular flexibility index (Phi) is 5.39. The molecular formula is C14H27N3O3. The van der Waals surface area contributed by atoms with E-state index in [0.29, 0.717) is 19.6 Å². The lowest BCUT2D eigenvalue weighted by Gasteiger charge is -2.25. The van der Waals surface area contributed by atoms with Crippen molar-refractivity contribution in [2.75, 3.05) is 26.7 Å². The number of carbonyl (C=O) groups is 2. The van der Waals surface area contributed by atoms with Crippen LogP contribution in [0.25, 0.3) is 0 Å². The van der Waals surface area contributed by atoms with E-state index < -0.39 is 11.6 Å². The lowest BCUT2D eigenvalue weighted by Crippen LogP contribution is -2.42. The normalized spacial score (nSPS) is 20.7. The maximum Gasteiger partial charge on any atom is 0.410 e. The van der Waals surface area contributed by atoms with Crippen molar-refractivity contribution in [3.8, 4) is 0 Å². The number of rotatable bonds is 3. The third kappa shape index (κ3) is 5.00. The zero-order valence-corrected chi connectivity index (χ0v) is 13.2. The molecule has 1 rings (SSSR count). The molecule has 0 aliphatic carbocycles. The summed E-state index contributed by atoms with van der Waals surface area (Å²) in [5.74, 6) is 0.218. The van der Waals surface area contributed by atoms with Crippen LogP contribution in [0.4, 0.5) is 4.79 Å². The van der Waals surface area contributed by atoms with Crippen molar-refractivity contribution in [3.05, 3.63) is 0 Å². The Morgan fingerprint density at radius 2 is 2.05 bits per heavy atom. The molecule has 2 amide bonds. The van der Waals surface area contributed by atoms with Gasteiger partial charge in [0.2, 0.25) is 5.91 Å². The van der Waals surface area contributed by atoms with Crippen LogP contribution < -0.4 is 5.73 Å². The molecular weight excluding hydrogens is 258 g/mol. The van der Waals surface area contributed by atoms with Crippen molar-refractivity contribution in [1.82, 2.24) is 9.80 Å². The molecule has 0 spiro atoms. The van der Waals surface area contributed by atoms with E-state index in [1.807, 2.05) is 20.8 Å². The highest BCUT2D eigenvalue weighted by atomic mass is 16.6. The van der Waals surface area contributed by atoms with Crippen LogP contribution in [0.15, 0.2) is 0 Å². The van der Waals surface area contributed by atoms with Gasteiger partial charge in [-0.1, -0.05) is 0 Å². The highest BCUT2D eigenvalue weighted by molar-refractivity contribution is 5.80. The van der Waals surface area contributed by atoms with Crippen molar-refractivity contribution in [1.29, 1.82) is 0 Å². The number of amides is 2. The fourth-order valence-electron chi connectivity index (χ4n) is 2.30. The zero-order chi connectivity index (χ0) is 15.5. The summed E-state index contributed by atoms with van der Waals surface area (Å²) in [6.45, 7) is 9.18. The number of likely N-dealkylation sites (N-methyl/N-ethyl adjacent to an activating group) is 1. The second-order valence-corrected chi connectivity index (χ2v) is 6.59. The largest absolute Gasteiger partial charge is 0.444 e. The molecule has 2 atom stereocenters. The lowest BCUT2D eigenvalue weighted by atomic mass is 10.1. The molecule has 6 nitrogen and oxygen atoms in total. The van der Waals surface area contributed by atoms with Gasteiger partial charge < -0.3 is 20.3 Å². The molecule has 1 aliphatic heterocycles. The number of carbonyl (C=O) groups excluding carboxylic acids is 2. The molecule has 6 heteroatoms. The van der Waals surface area contributed by atoms with Gasteiger partial charge in [0.15, 0.2) is 0 Å². The Balaban J connectivity index is 2.44. The molecule has 2 N–H and O–H groups in total. The predicted molar refractivity (Wildman–Crippen MR) is 77.2 cm³/mol. The highest BCUT2D eigenvalue weighted by Gasteiger charge is 2.31. The molecule has 0 aromatic heterocycles. The van der Waals surface area contributed by atoms with E-state index >= 15 is 0 Å². The molecule has 0 saturated carbocycles. The number of likely N-dealkylation sites (tertiary alicyclic amines) is 1. The minimum Gasteiger partial charge on any atom is -0.444 e. The van der Waals surface area contributed by atoms with Crippen molar-refractivity contribution in [2.45, 2.75) is 45.8 Å². The number of nitrogens with two attached hydrogens (primary N) is 1. The first-order valence-corrected chi connectivity index (χ1v) is 7.08. The smallest absolute Gasteiger partial charge is 0.410 e. The molecule has 0 bridgehead atoms. The lowest BCUT2D eigenvalue weighted by molar-refractivity contribution is -0.131. The molecule has 20 heavy (non-hydrogen) atoms. The van der Waals surface area contributed by atoms with Crippen LogP contribution in [0, 0.1) is 5.92 Å². The first kappa shape index (κ1) is 16.8. The van der Waals surface area contributed by atoms with Crippen molar-refractivity contribution in [3.63, 3.8) is 0 Å². The van der Waals surface area contributed by atoms with Gasteiger partial charge in [-0.2, -0.15) is 0 Å². The van der Waals surface area contributed by atoms with Crippen LogP contribution in [0.1, 0.15) is 34.1 Å². The highest BCUT2D eigenvalue weighted by Crippen LogP contribution is 2.20. The Morgan fingerprint density at radius 1 is 1.45 bits per heavy atom. The molecule has 1 heterocycles. The quantitative estimate of drug-likeness (QED) is 0.841. The SMILES string of the molecule is C[C@H](N)C(=O)N(C)C[C@H]1CCN(C(=O)OC(C)(C)C)C1. The van der Waals surface area contributed by atoms with Gasteiger partial charge in [-0.05, 0) is 40.0 Å². The summed E-state index contributed by atoms with van der Waals surface area (Å²) in [4.78, 5) is 27.0. The van der Waals surface area contributed by atoms with E-state index in [2.05, 4.69) is 0 Å². The number of ether oxygens (including phenoxy) is 1. The van der Waals surface area contributed by atoms with Crippen molar-refractivity contribution < 1.29 is 14.3 Å². The molecule has 0 radical (unpaired) electrons. The third-order valence-corrected chi connectivity index (χ3v) is 3.24. The fraction of sp³-hybridized carbons (Fsp3) is 0.857. The van der Waals surface area contributed by atoms with E-state index in [-0.39, 0.29) is 17.9 Å². The molecule has 116 valence electrons.